The molecule has 0 fully saturated rings. The quantitative estimate of drug-likeness (QED) is 0.535. The number of H-pyrrole nitrogens is 1. The topological polar surface area (TPSA) is 75.7 Å². The van der Waals surface area contributed by atoms with Crippen molar-refractivity contribution < 1.29 is 4.74 Å². The van der Waals surface area contributed by atoms with Crippen LogP contribution in [0.2, 0.25) is 0 Å². The van der Waals surface area contributed by atoms with Crippen molar-refractivity contribution in [3.8, 4) is 5.75 Å². The molecule has 6 heteroatoms. The van der Waals surface area contributed by atoms with Crippen molar-refractivity contribution in [1.82, 2.24) is 19.9 Å². The molecule has 4 rings (SSSR count). The lowest BCUT2D eigenvalue weighted by Crippen LogP contribution is -2.07. The predicted molar refractivity (Wildman–Crippen MR) is 101 cm³/mol. The molecule has 0 aliphatic rings. The number of anilines is 1. The predicted octanol–water partition coefficient (Wildman–Crippen LogP) is 3.59. The zero-order valence-electron chi connectivity index (χ0n) is 14.2. The first-order valence-electron chi connectivity index (χ1n) is 8.52. The van der Waals surface area contributed by atoms with Crippen LogP contribution in [0.3, 0.4) is 0 Å². The Labute approximate surface area is 151 Å². The maximum absolute atomic E-state index is 5.89. The first kappa shape index (κ1) is 16.1. The normalized spacial score (nSPS) is 10.8. The van der Waals surface area contributed by atoms with Gasteiger partial charge in [0.25, 0.3) is 0 Å². The van der Waals surface area contributed by atoms with E-state index in [1.165, 1.54) is 11.9 Å². The Bertz CT molecular complexity index is 984. The van der Waals surface area contributed by atoms with Crippen LogP contribution in [0.5, 0.6) is 5.75 Å². The molecular weight excluding hydrogens is 326 g/mol. The summed E-state index contributed by atoms with van der Waals surface area (Å²) in [6.45, 7) is 1.33. The highest BCUT2D eigenvalue weighted by Crippen LogP contribution is 2.17. The Morgan fingerprint density at radius 3 is 2.73 bits per heavy atom. The van der Waals surface area contributed by atoms with Crippen LogP contribution in [-0.4, -0.2) is 26.5 Å². The van der Waals surface area contributed by atoms with Crippen LogP contribution in [0.1, 0.15) is 11.1 Å². The highest BCUT2D eigenvalue weighted by molar-refractivity contribution is 5.81. The number of fused-ring (bicyclic) bond motifs is 1. The van der Waals surface area contributed by atoms with Crippen molar-refractivity contribution >= 4 is 17.0 Å². The van der Waals surface area contributed by atoms with Crippen LogP contribution in [0, 0.1) is 0 Å². The van der Waals surface area contributed by atoms with Gasteiger partial charge < -0.3 is 15.0 Å². The van der Waals surface area contributed by atoms with E-state index in [2.05, 4.69) is 49.5 Å². The van der Waals surface area contributed by atoms with Crippen molar-refractivity contribution in [2.75, 3.05) is 11.9 Å². The monoisotopic (exact) mass is 345 g/mol. The van der Waals surface area contributed by atoms with Gasteiger partial charge in [-0.25, -0.2) is 15.0 Å². The molecule has 2 aromatic carbocycles. The minimum absolute atomic E-state index is 0.571. The Morgan fingerprint density at radius 1 is 0.923 bits per heavy atom. The maximum Gasteiger partial charge on any atom is 0.182 e. The summed E-state index contributed by atoms with van der Waals surface area (Å²) in [5.74, 6) is 1.65. The maximum atomic E-state index is 5.89. The van der Waals surface area contributed by atoms with Crippen molar-refractivity contribution in [1.29, 1.82) is 0 Å². The van der Waals surface area contributed by atoms with Crippen LogP contribution < -0.4 is 10.1 Å². The lowest BCUT2D eigenvalue weighted by Gasteiger charge is -2.09. The van der Waals surface area contributed by atoms with Gasteiger partial charge in [0, 0.05) is 6.54 Å². The highest BCUT2D eigenvalue weighted by Gasteiger charge is 2.05. The molecule has 26 heavy (non-hydrogen) atoms. The number of benzene rings is 2. The molecule has 2 aromatic heterocycles. The molecule has 0 aliphatic heterocycles. The summed E-state index contributed by atoms with van der Waals surface area (Å²) in [6.07, 6.45) is 4.00. The van der Waals surface area contributed by atoms with E-state index in [-0.39, 0.29) is 0 Å². The van der Waals surface area contributed by atoms with E-state index < -0.39 is 0 Å². The van der Waals surface area contributed by atoms with Crippen LogP contribution in [0.25, 0.3) is 11.2 Å². The fourth-order valence-corrected chi connectivity index (χ4v) is 2.76. The fourth-order valence-electron chi connectivity index (χ4n) is 2.76. The molecule has 0 saturated heterocycles. The third-order valence-corrected chi connectivity index (χ3v) is 4.08. The molecule has 2 heterocycles. The van der Waals surface area contributed by atoms with E-state index in [9.17, 15) is 0 Å². The number of rotatable bonds is 7. The molecule has 0 atom stereocenters. The third-order valence-electron chi connectivity index (χ3n) is 4.08. The molecule has 0 amide bonds. The second kappa shape index (κ2) is 7.65. The first-order valence-corrected chi connectivity index (χ1v) is 8.52. The number of imidazole rings is 1. The third kappa shape index (κ3) is 3.80. The Balaban J connectivity index is 1.34. The molecular formula is C20H19N5O. The molecule has 0 bridgehead atoms. The summed E-state index contributed by atoms with van der Waals surface area (Å²) in [6, 6.07) is 18.4. The number of aromatic amines is 1. The highest BCUT2D eigenvalue weighted by atomic mass is 16.5. The Hall–Kier alpha value is -3.41. The van der Waals surface area contributed by atoms with E-state index in [1.54, 1.807) is 6.33 Å². The van der Waals surface area contributed by atoms with Gasteiger partial charge >= 0.3 is 0 Å². The molecule has 2 N–H and O–H groups in total. The van der Waals surface area contributed by atoms with Crippen LogP contribution >= 0.6 is 0 Å². The molecule has 130 valence electrons. The number of hydrogen-bond donors (Lipinski definition) is 2. The van der Waals surface area contributed by atoms with Crippen molar-refractivity contribution in [2.24, 2.45) is 0 Å². The van der Waals surface area contributed by atoms with Gasteiger partial charge in [-0.15, -0.1) is 0 Å². The van der Waals surface area contributed by atoms with Gasteiger partial charge in [0.1, 0.15) is 24.2 Å². The fraction of sp³-hybridized carbons (Fsp3) is 0.150. The van der Waals surface area contributed by atoms with Crippen LogP contribution in [0.4, 0.5) is 5.82 Å². The molecule has 4 aromatic rings. The minimum atomic E-state index is 0.571. The lowest BCUT2D eigenvalue weighted by atomic mass is 10.1. The van der Waals surface area contributed by atoms with Crippen LogP contribution in [-0.2, 0) is 13.0 Å². The number of nitrogens with one attached hydrogen (secondary N) is 2. The second-order valence-electron chi connectivity index (χ2n) is 5.92. The summed E-state index contributed by atoms with van der Waals surface area (Å²) >= 11 is 0. The van der Waals surface area contributed by atoms with Gasteiger partial charge in [-0.1, -0.05) is 42.5 Å². The number of hydrogen-bond acceptors (Lipinski definition) is 5. The SMILES string of the molecule is c1ccc(COc2cccc(CCNc3ncnc4nc[nH]c34)c2)cc1. The summed E-state index contributed by atoms with van der Waals surface area (Å²) in [7, 11) is 0. The van der Waals surface area contributed by atoms with Crippen molar-refractivity contribution in [3.05, 3.63) is 78.4 Å². The van der Waals surface area contributed by atoms with E-state index >= 15 is 0 Å². The molecule has 0 spiro atoms. The molecule has 0 aliphatic carbocycles. The average Bonchev–Trinajstić information content (AvgIpc) is 3.17. The van der Waals surface area contributed by atoms with Crippen molar-refractivity contribution in [2.45, 2.75) is 13.0 Å². The number of nitrogens with zero attached hydrogens (tertiary/aromatic N) is 3. The van der Waals surface area contributed by atoms with E-state index in [0.29, 0.717) is 12.3 Å². The first-order chi connectivity index (χ1) is 12.9. The molecule has 0 saturated carbocycles. The van der Waals surface area contributed by atoms with Gasteiger partial charge in [-0.3, -0.25) is 0 Å². The number of aromatic nitrogens is 4. The zero-order chi connectivity index (χ0) is 17.6. The zero-order valence-corrected chi connectivity index (χ0v) is 14.2. The van der Waals surface area contributed by atoms with Gasteiger partial charge in [0.15, 0.2) is 11.5 Å². The van der Waals surface area contributed by atoms with Gasteiger partial charge in [-0.05, 0) is 29.7 Å². The molecule has 6 nitrogen and oxygen atoms in total. The number of ether oxygens (including phenoxy) is 1. The van der Waals surface area contributed by atoms with E-state index in [4.69, 9.17) is 4.74 Å². The summed E-state index contributed by atoms with van der Waals surface area (Å²) < 4.78 is 5.89. The summed E-state index contributed by atoms with van der Waals surface area (Å²) in [4.78, 5) is 15.6. The lowest BCUT2D eigenvalue weighted by molar-refractivity contribution is 0.306. The summed E-state index contributed by atoms with van der Waals surface area (Å²) in [5, 5.41) is 3.34. The minimum Gasteiger partial charge on any atom is -0.489 e. The Kier molecular flexibility index (Phi) is 4.73. The van der Waals surface area contributed by atoms with Crippen LogP contribution in [0.15, 0.2) is 67.3 Å². The standard InChI is InChI=1S/C20H19N5O/c1-2-5-16(6-3-1)12-26-17-8-4-7-15(11-17)9-10-21-19-18-20(23-13-22-18)25-14-24-19/h1-8,11,13-14H,9-10,12H2,(H2,21,22,23,24,25). The largest absolute Gasteiger partial charge is 0.489 e. The van der Waals surface area contributed by atoms with E-state index in [0.717, 1.165) is 35.6 Å². The molecule has 0 radical (unpaired) electrons. The van der Waals surface area contributed by atoms with Gasteiger partial charge in [0.2, 0.25) is 0 Å². The average molecular weight is 345 g/mol. The smallest absolute Gasteiger partial charge is 0.182 e. The van der Waals surface area contributed by atoms with Gasteiger partial charge in [-0.2, -0.15) is 0 Å². The second-order valence-corrected chi connectivity index (χ2v) is 5.92. The Morgan fingerprint density at radius 2 is 1.81 bits per heavy atom. The summed E-state index contributed by atoms with van der Waals surface area (Å²) in [5.41, 5.74) is 3.86. The van der Waals surface area contributed by atoms with Crippen molar-refractivity contribution in [3.63, 3.8) is 0 Å². The van der Waals surface area contributed by atoms with E-state index in [1.807, 2.05) is 30.3 Å². The van der Waals surface area contributed by atoms with Gasteiger partial charge in [0.05, 0.1) is 6.33 Å². The molecule has 0 unspecified atom stereocenters.